The average Bonchev–Trinajstić information content (AvgIpc) is 4.23. The molecule has 0 amide bonds. The molecule has 0 spiro atoms. The van der Waals surface area contributed by atoms with E-state index in [0.717, 1.165) is 33.9 Å². The first-order valence-electron chi connectivity index (χ1n) is 26.7. The third-order valence-corrected chi connectivity index (χ3v) is 18.1. The lowest BCUT2D eigenvalue weighted by molar-refractivity contribution is 0.753. The Morgan fingerprint density at radius 2 is 0.870 bits per heavy atom. The Morgan fingerprint density at radius 3 is 1.61 bits per heavy atom. The van der Waals surface area contributed by atoms with Gasteiger partial charge in [-0.1, -0.05) is 231 Å². The van der Waals surface area contributed by atoms with Gasteiger partial charge in [0.2, 0.25) is 0 Å². The van der Waals surface area contributed by atoms with Crippen LogP contribution >= 0.6 is 11.3 Å². The monoisotopic (exact) mass is 996 g/mol. The van der Waals surface area contributed by atoms with E-state index < -0.39 is 10.8 Å². The molecule has 0 saturated carbocycles. The van der Waals surface area contributed by atoms with Crippen molar-refractivity contribution >= 4 is 65.6 Å². The maximum atomic E-state index is 2.62. The molecule has 1 unspecified atom stereocenters. The number of fused-ring (bicyclic) bond motifs is 11. The molecule has 77 heavy (non-hydrogen) atoms. The topological polar surface area (TPSA) is 6.48 Å². The summed E-state index contributed by atoms with van der Waals surface area (Å²) in [7, 11) is 0. The molecule has 0 radical (unpaired) electrons. The number of para-hydroxylation sites is 2. The molecule has 1 atom stereocenters. The van der Waals surface area contributed by atoms with Gasteiger partial charge in [-0.3, -0.25) is 0 Å². The van der Waals surface area contributed by atoms with E-state index in [1.807, 2.05) is 11.3 Å². The van der Waals surface area contributed by atoms with Gasteiger partial charge in [0.1, 0.15) is 0 Å². The average molecular weight is 997 g/mol. The SMILES string of the molecule is c1ccc(-c2cc3c(cc2N(c2ccc4c(c2)C(c2ccccc2)(c2ccccc2)c2ccccc2-4)c2cccc4c2sc2ccccc24)C2(c4ccccc4)c4ccccc4N(c4ccccc4)c4cccc-3c42)cc1. The van der Waals surface area contributed by atoms with Crippen molar-refractivity contribution in [3.63, 3.8) is 0 Å². The zero-order chi connectivity index (χ0) is 50.7. The van der Waals surface area contributed by atoms with Crippen LogP contribution in [-0.2, 0) is 10.8 Å². The van der Waals surface area contributed by atoms with E-state index in [9.17, 15) is 0 Å². The summed E-state index contributed by atoms with van der Waals surface area (Å²) in [5.41, 5.74) is 23.1. The Labute approximate surface area is 452 Å². The summed E-state index contributed by atoms with van der Waals surface area (Å²) in [5.74, 6) is 0. The Balaban J connectivity index is 1.05. The predicted molar refractivity (Wildman–Crippen MR) is 322 cm³/mol. The highest BCUT2D eigenvalue weighted by atomic mass is 32.1. The third-order valence-electron chi connectivity index (χ3n) is 16.9. The minimum Gasteiger partial charge on any atom is -0.310 e. The first-order chi connectivity index (χ1) is 38.2. The van der Waals surface area contributed by atoms with E-state index in [2.05, 4.69) is 301 Å². The van der Waals surface area contributed by atoms with Gasteiger partial charge in [0.25, 0.3) is 0 Å². The van der Waals surface area contributed by atoms with Gasteiger partial charge < -0.3 is 9.80 Å². The van der Waals surface area contributed by atoms with Gasteiger partial charge >= 0.3 is 0 Å². The Kier molecular flexibility index (Phi) is 9.67. The second kappa shape index (κ2) is 17.0. The van der Waals surface area contributed by atoms with Crippen LogP contribution in [0, 0.1) is 0 Å². The molecule has 3 aliphatic rings. The van der Waals surface area contributed by atoms with Crippen LogP contribution in [0.4, 0.5) is 34.1 Å². The fourth-order valence-corrected chi connectivity index (χ4v) is 15.1. The van der Waals surface area contributed by atoms with Crippen LogP contribution in [0.5, 0.6) is 0 Å². The molecule has 2 heterocycles. The molecule has 0 fully saturated rings. The largest absolute Gasteiger partial charge is 0.310 e. The summed E-state index contributed by atoms with van der Waals surface area (Å²) >= 11 is 1.89. The van der Waals surface area contributed by atoms with Crippen LogP contribution in [0.15, 0.2) is 291 Å². The van der Waals surface area contributed by atoms with Gasteiger partial charge in [-0.15, -0.1) is 11.3 Å². The number of thiophene rings is 1. The van der Waals surface area contributed by atoms with Crippen molar-refractivity contribution < 1.29 is 0 Å². The molecule has 1 aromatic heterocycles. The van der Waals surface area contributed by atoms with Crippen molar-refractivity contribution in [2.45, 2.75) is 10.8 Å². The number of hydrogen-bond donors (Lipinski definition) is 0. The van der Waals surface area contributed by atoms with Gasteiger partial charge in [0.05, 0.1) is 38.3 Å². The highest BCUT2D eigenvalue weighted by Crippen LogP contribution is 2.67. The van der Waals surface area contributed by atoms with Crippen LogP contribution < -0.4 is 9.80 Å². The van der Waals surface area contributed by atoms with E-state index in [4.69, 9.17) is 0 Å². The highest BCUT2D eigenvalue weighted by Gasteiger charge is 2.53. The summed E-state index contributed by atoms with van der Waals surface area (Å²) in [5, 5.41) is 2.53. The molecular formula is C74H48N2S. The molecule has 16 rings (SSSR count). The standard InChI is InChI=1S/C74H48N2S/c1-6-24-49(25-7-1)60-47-61-58-36-22-41-67-71(58)74(52-30-12-4-13-31-52,63-39-19-20-40-66(63)75(67)53-32-14-5-15-33-53)65(61)48-69(60)76(68-42-23-37-59-57-35-17-21-43-70(57)77-72(59)68)54-44-45-56-55-34-16-18-38-62(55)73(64(56)46-54,50-26-8-2-9-27-50)51-28-10-3-11-29-51/h1-48H. The van der Waals surface area contributed by atoms with E-state index in [-0.39, 0.29) is 0 Å². The van der Waals surface area contributed by atoms with E-state index in [1.54, 1.807) is 0 Å². The summed E-state index contributed by atoms with van der Waals surface area (Å²) < 4.78 is 2.52. The molecule has 12 aromatic carbocycles. The van der Waals surface area contributed by atoms with Crippen LogP contribution in [0.25, 0.3) is 53.6 Å². The molecule has 3 heteroatoms. The van der Waals surface area contributed by atoms with Crippen LogP contribution in [0.1, 0.15) is 44.5 Å². The maximum Gasteiger partial charge on any atom is 0.0755 e. The molecule has 13 aromatic rings. The molecule has 0 saturated heterocycles. The first kappa shape index (κ1) is 43.8. The lowest BCUT2D eigenvalue weighted by Gasteiger charge is -2.44. The van der Waals surface area contributed by atoms with Crippen molar-refractivity contribution in [1.29, 1.82) is 0 Å². The zero-order valence-electron chi connectivity index (χ0n) is 42.0. The fraction of sp³-hybridized carbons (Fsp3) is 0.0270. The summed E-state index contributed by atoms with van der Waals surface area (Å²) in [6, 6.07) is 109. The summed E-state index contributed by atoms with van der Waals surface area (Å²) in [6.45, 7) is 0. The molecule has 2 aliphatic carbocycles. The van der Waals surface area contributed by atoms with Crippen LogP contribution in [-0.4, -0.2) is 0 Å². The smallest absolute Gasteiger partial charge is 0.0755 e. The Hall–Kier alpha value is -9.54. The van der Waals surface area contributed by atoms with Crippen molar-refractivity contribution in [3.05, 3.63) is 336 Å². The van der Waals surface area contributed by atoms with Crippen LogP contribution in [0.3, 0.4) is 0 Å². The quantitative estimate of drug-likeness (QED) is 0.150. The van der Waals surface area contributed by atoms with Gasteiger partial charge in [-0.05, 0) is 127 Å². The number of nitrogens with zero attached hydrogens (tertiary/aromatic N) is 2. The van der Waals surface area contributed by atoms with E-state index in [1.165, 1.54) is 98.3 Å². The van der Waals surface area contributed by atoms with Crippen molar-refractivity contribution in [2.24, 2.45) is 0 Å². The number of anilines is 6. The maximum absolute atomic E-state index is 2.62. The molecular weight excluding hydrogens is 949 g/mol. The first-order valence-corrected chi connectivity index (χ1v) is 27.5. The third kappa shape index (κ3) is 6.12. The number of rotatable bonds is 8. The van der Waals surface area contributed by atoms with Gasteiger partial charge in [0.15, 0.2) is 0 Å². The Bertz CT molecular complexity index is 4410. The zero-order valence-corrected chi connectivity index (χ0v) is 42.8. The van der Waals surface area contributed by atoms with Gasteiger partial charge in [-0.2, -0.15) is 0 Å². The van der Waals surface area contributed by atoms with Crippen molar-refractivity contribution in [1.82, 2.24) is 0 Å². The van der Waals surface area contributed by atoms with E-state index in [0.29, 0.717) is 0 Å². The molecule has 2 nitrogen and oxygen atoms in total. The Morgan fingerprint density at radius 1 is 0.325 bits per heavy atom. The minimum atomic E-state index is -0.668. The lowest BCUT2D eigenvalue weighted by Crippen LogP contribution is -2.36. The summed E-state index contributed by atoms with van der Waals surface area (Å²) in [6.07, 6.45) is 0. The fourth-order valence-electron chi connectivity index (χ4n) is 13.9. The second-order valence-electron chi connectivity index (χ2n) is 20.6. The molecule has 1 aliphatic heterocycles. The van der Waals surface area contributed by atoms with Gasteiger partial charge in [-0.25, -0.2) is 0 Å². The van der Waals surface area contributed by atoms with Crippen LogP contribution in [0.2, 0.25) is 0 Å². The van der Waals surface area contributed by atoms with Crippen molar-refractivity contribution in [2.75, 3.05) is 9.80 Å². The minimum absolute atomic E-state index is 0.591. The molecule has 0 bridgehead atoms. The molecule has 360 valence electrons. The second-order valence-corrected chi connectivity index (χ2v) is 21.7. The number of hydrogen-bond acceptors (Lipinski definition) is 3. The predicted octanol–water partition coefficient (Wildman–Crippen LogP) is 19.7. The highest BCUT2D eigenvalue weighted by molar-refractivity contribution is 7.26. The van der Waals surface area contributed by atoms with E-state index >= 15 is 0 Å². The normalized spacial score (nSPS) is 15.1. The lowest BCUT2D eigenvalue weighted by atomic mass is 9.64. The summed E-state index contributed by atoms with van der Waals surface area (Å²) in [4.78, 5) is 5.11. The molecule has 0 N–H and O–H groups in total. The van der Waals surface area contributed by atoms with Crippen molar-refractivity contribution in [3.8, 4) is 33.4 Å². The van der Waals surface area contributed by atoms with Gasteiger partial charge in [0, 0.05) is 38.0 Å². The number of benzene rings is 12.